The maximum absolute atomic E-state index is 12.1. The van der Waals surface area contributed by atoms with E-state index in [1.807, 2.05) is 49.4 Å². The van der Waals surface area contributed by atoms with E-state index >= 15 is 0 Å². The summed E-state index contributed by atoms with van der Waals surface area (Å²) in [5.74, 6) is -0.898. The number of esters is 1. The molecule has 1 aromatic heterocycles. The normalized spacial score (nSPS) is 10.6. The molecule has 1 heterocycles. The molecule has 1 N–H and O–H groups in total. The smallest absolute Gasteiger partial charge is 0.350 e. The predicted octanol–water partition coefficient (Wildman–Crippen LogP) is 3.71. The Balaban J connectivity index is 1.65. The molecule has 0 radical (unpaired) electrons. The van der Waals surface area contributed by atoms with E-state index in [0.717, 1.165) is 15.8 Å². The fraction of sp³-hybridized carbons (Fsp3) is 0.167. The van der Waals surface area contributed by atoms with Gasteiger partial charge in [-0.2, -0.15) is 0 Å². The Hall–Kier alpha value is -2.73. The molecular formula is C18H16N2O3S. The van der Waals surface area contributed by atoms with Crippen LogP contribution in [0.25, 0.3) is 10.8 Å². The number of aromatic nitrogens is 1. The van der Waals surface area contributed by atoms with Crippen molar-refractivity contribution in [1.29, 1.82) is 0 Å². The first-order valence-electron chi connectivity index (χ1n) is 7.43. The van der Waals surface area contributed by atoms with Gasteiger partial charge in [-0.25, -0.2) is 9.78 Å². The Morgan fingerprint density at radius 1 is 1.12 bits per heavy atom. The molecule has 0 spiro atoms. The number of carbonyl (C=O) groups excluding carboxylic acids is 2. The highest BCUT2D eigenvalue weighted by molar-refractivity contribution is 7.13. The summed E-state index contributed by atoms with van der Waals surface area (Å²) in [6.07, 6.45) is 0. The van der Waals surface area contributed by atoms with Gasteiger partial charge in [0.25, 0.3) is 5.91 Å². The zero-order chi connectivity index (χ0) is 17.1. The van der Waals surface area contributed by atoms with E-state index < -0.39 is 5.97 Å². The van der Waals surface area contributed by atoms with Crippen molar-refractivity contribution in [3.8, 4) is 0 Å². The van der Waals surface area contributed by atoms with Gasteiger partial charge in [-0.15, -0.1) is 11.3 Å². The third-order valence-electron chi connectivity index (χ3n) is 3.49. The number of benzene rings is 2. The van der Waals surface area contributed by atoms with Crippen LogP contribution in [0.3, 0.4) is 0 Å². The van der Waals surface area contributed by atoms with Crippen LogP contribution in [0.5, 0.6) is 0 Å². The molecule has 0 saturated heterocycles. The summed E-state index contributed by atoms with van der Waals surface area (Å²) >= 11 is 1.26. The highest BCUT2D eigenvalue weighted by Gasteiger charge is 2.16. The summed E-state index contributed by atoms with van der Waals surface area (Å²) in [7, 11) is 0. The summed E-state index contributed by atoms with van der Waals surface area (Å²) in [5.41, 5.74) is 1.32. The molecule has 1 amide bonds. The van der Waals surface area contributed by atoms with Gasteiger partial charge >= 0.3 is 5.97 Å². The summed E-state index contributed by atoms with van der Waals surface area (Å²) in [6.45, 7) is 3.23. The van der Waals surface area contributed by atoms with Gasteiger partial charge in [0.1, 0.15) is 4.88 Å². The Bertz CT molecular complexity index is 912. The van der Waals surface area contributed by atoms with Crippen molar-refractivity contribution >= 4 is 39.7 Å². The Morgan fingerprint density at radius 2 is 1.88 bits per heavy atom. The fourth-order valence-electron chi connectivity index (χ4n) is 2.44. The molecule has 5 nitrogen and oxygen atoms in total. The first kappa shape index (κ1) is 16.1. The average molecular weight is 340 g/mol. The molecule has 0 atom stereocenters. The number of aryl methyl sites for hydroxylation is 2. The highest BCUT2D eigenvalue weighted by Crippen LogP contribution is 2.23. The van der Waals surface area contributed by atoms with Crippen LogP contribution >= 0.6 is 11.3 Å². The van der Waals surface area contributed by atoms with Crippen LogP contribution in [0.1, 0.15) is 20.4 Å². The van der Waals surface area contributed by atoms with E-state index in [1.54, 1.807) is 6.92 Å². The number of carbonyl (C=O) groups is 2. The molecule has 3 rings (SSSR count). The van der Waals surface area contributed by atoms with Gasteiger partial charge in [0, 0.05) is 11.1 Å². The molecule has 0 unspecified atom stereocenters. The van der Waals surface area contributed by atoms with E-state index in [4.69, 9.17) is 4.74 Å². The van der Waals surface area contributed by atoms with Crippen LogP contribution in [0.4, 0.5) is 5.69 Å². The van der Waals surface area contributed by atoms with Crippen molar-refractivity contribution in [1.82, 2.24) is 4.98 Å². The van der Waals surface area contributed by atoms with E-state index in [2.05, 4.69) is 10.3 Å². The number of nitrogens with one attached hydrogen (secondary N) is 1. The summed E-state index contributed by atoms with van der Waals surface area (Å²) in [6, 6.07) is 13.4. The monoisotopic (exact) mass is 340 g/mol. The number of amides is 1. The Morgan fingerprint density at radius 3 is 2.62 bits per heavy atom. The maximum Gasteiger partial charge on any atom is 0.350 e. The third kappa shape index (κ3) is 3.44. The third-order valence-corrected chi connectivity index (χ3v) is 4.54. The van der Waals surface area contributed by atoms with Gasteiger partial charge in [0.15, 0.2) is 6.61 Å². The van der Waals surface area contributed by atoms with Gasteiger partial charge in [0.2, 0.25) is 0 Å². The lowest BCUT2D eigenvalue weighted by Crippen LogP contribution is -2.21. The number of thiazole rings is 1. The van der Waals surface area contributed by atoms with Crippen molar-refractivity contribution < 1.29 is 14.3 Å². The van der Waals surface area contributed by atoms with Crippen molar-refractivity contribution in [2.24, 2.45) is 0 Å². The highest BCUT2D eigenvalue weighted by atomic mass is 32.1. The van der Waals surface area contributed by atoms with Gasteiger partial charge in [-0.1, -0.05) is 36.4 Å². The van der Waals surface area contributed by atoms with E-state index in [-0.39, 0.29) is 12.5 Å². The van der Waals surface area contributed by atoms with E-state index in [0.29, 0.717) is 16.3 Å². The lowest BCUT2D eigenvalue weighted by molar-refractivity contribution is -0.119. The second-order valence-electron chi connectivity index (χ2n) is 5.30. The summed E-state index contributed by atoms with van der Waals surface area (Å²) < 4.78 is 5.09. The number of hydrogen-bond donors (Lipinski definition) is 1. The molecule has 0 bridgehead atoms. The minimum Gasteiger partial charge on any atom is -0.451 e. The number of ether oxygens (including phenoxy) is 1. The SMILES string of the molecule is Cc1nc(C)c(C(=O)OCC(=O)Nc2cccc3ccccc23)s1. The van der Waals surface area contributed by atoms with Gasteiger partial charge in [0.05, 0.1) is 10.7 Å². The van der Waals surface area contributed by atoms with Crippen LogP contribution < -0.4 is 5.32 Å². The Labute approximate surface area is 143 Å². The van der Waals surface area contributed by atoms with Crippen molar-refractivity contribution in [2.75, 3.05) is 11.9 Å². The molecule has 24 heavy (non-hydrogen) atoms. The molecular weight excluding hydrogens is 324 g/mol. The first-order chi connectivity index (χ1) is 11.5. The molecule has 122 valence electrons. The second-order valence-corrected chi connectivity index (χ2v) is 6.50. The predicted molar refractivity (Wildman–Crippen MR) is 94.4 cm³/mol. The number of hydrogen-bond acceptors (Lipinski definition) is 5. The van der Waals surface area contributed by atoms with Gasteiger partial charge < -0.3 is 10.1 Å². The largest absolute Gasteiger partial charge is 0.451 e. The van der Waals surface area contributed by atoms with Crippen molar-refractivity contribution in [3.63, 3.8) is 0 Å². The molecule has 0 aliphatic heterocycles. The molecule has 3 aromatic rings. The van der Waals surface area contributed by atoms with Crippen LogP contribution in [0, 0.1) is 13.8 Å². The molecule has 2 aromatic carbocycles. The zero-order valence-corrected chi connectivity index (χ0v) is 14.1. The summed E-state index contributed by atoms with van der Waals surface area (Å²) in [4.78, 5) is 28.7. The van der Waals surface area contributed by atoms with Crippen LogP contribution in [-0.4, -0.2) is 23.5 Å². The quantitative estimate of drug-likeness (QED) is 0.735. The Kier molecular flexibility index (Phi) is 4.57. The number of nitrogens with zero attached hydrogens (tertiary/aromatic N) is 1. The van der Waals surface area contributed by atoms with Crippen molar-refractivity contribution in [2.45, 2.75) is 13.8 Å². The van der Waals surface area contributed by atoms with Crippen LogP contribution in [0.15, 0.2) is 42.5 Å². The minimum absolute atomic E-state index is 0.335. The second kappa shape index (κ2) is 6.80. The van der Waals surface area contributed by atoms with Crippen LogP contribution in [-0.2, 0) is 9.53 Å². The zero-order valence-electron chi connectivity index (χ0n) is 13.3. The number of fused-ring (bicyclic) bond motifs is 1. The molecule has 0 saturated carbocycles. The minimum atomic E-state index is -0.522. The average Bonchev–Trinajstić information content (AvgIpc) is 2.91. The maximum atomic E-state index is 12.1. The lowest BCUT2D eigenvalue weighted by atomic mass is 10.1. The van der Waals surface area contributed by atoms with Gasteiger partial charge in [-0.3, -0.25) is 4.79 Å². The standard InChI is InChI=1S/C18H16N2O3S/c1-11-17(24-12(2)19-11)18(22)23-10-16(21)20-15-9-5-7-13-6-3-4-8-14(13)15/h3-9H,10H2,1-2H3,(H,20,21). The van der Waals surface area contributed by atoms with Gasteiger partial charge in [-0.05, 0) is 25.3 Å². The van der Waals surface area contributed by atoms with E-state index in [1.165, 1.54) is 11.3 Å². The summed E-state index contributed by atoms with van der Waals surface area (Å²) in [5, 5.41) is 5.54. The van der Waals surface area contributed by atoms with Crippen molar-refractivity contribution in [3.05, 3.63) is 58.0 Å². The number of rotatable bonds is 4. The molecule has 0 aliphatic carbocycles. The molecule has 0 fully saturated rings. The van der Waals surface area contributed by atoms with E-state index in [9.17, 15) is 9.59 Å². The number of anilines is 1. The molecule has 6 heteroatoms. The fourth-order valence-corrected chi connectivity index (χ4v) is 3.25. The topological polar surface area (TPSA) is 68.3 Å². The first-order valence-corrected chi connectivity index (χ1v) is 8.25. The molecule has 0 aliphatic rings. The van der Waals surface area contributed by atoms with Crippen LogP contribution in [0.2, 0.25) is 0 Å². The lowest BCUT2D eigenvalue weighted by Gasteiger charge is -2.09.